The van der Waals surface area contributed by atoms with Crippen LogP contribution in [0.25, 0.3) is 126 Å². The van der Waals surface area contributed by atoms with E-state index in [-0.39, 0.29) is 53.6 Å². The average molecular weight is 1490 g/mol. The molecule has 3 aromatic heterocycles. The van der Waals surface area contributed by atoms with E-state index in [9.17, 15) is 28.8 Å². The van der Waals surface area contributed by atoms with E-state index in [1.165, 1.54) is 25.5 Å². The summed E-state index contributed by atoms with van der Waals surface area (Å²) in [5.74, 6) is -1.02. The van der Waals surface area contributed by atoms with Gasteiger partial charge in [0.1, 0.15) is 11.2 Å². The third kappa shape index (κ3) is 13.5. The molecule has 3 atom stereocenters. The smallest absolute Gasteiger partial charge is 0.261 e. The summed E-state index contributed by atoms with van der Waals surface area (Å²) in [7, 11) is 0. The Balaban J connectivity index is 0.000000129. The van der Waals surface area contributed by atoms with Gasteiger partial charge in [0.05, 0.1) is 16.7 Å². The van der Waals surface area contributed by atoms with Gasteiger partial charge in [0.15, 0.2) is 0 Å². The van der Waals surface area contributed by atoms with Crippen molar-refractivity contribution in [1.29, 1.82) is 0 Å². The molecule has 0 saturated carbocycles. The Morgan fingerprint density at radius 2 is 0.681 bits per heavy atom. The first-order chi connectivity index (χ1) is 55.4. The lowest BCUT2D eigenvalue weighted by atomic mass is 9.87. The second-order valence-electron chi connectivity index (χ2n) is 30.3. The summed E-state index contributed by atoms with van der Waals surface area (Å²) in [5, 5.41) is 9.56. The molecule has 0 aliphatic carbocycles. The van der Waals surface area contributed by atoms with Crippen molar-refractivity contribution >= 4 is 112 Å². The lowest BCUT2D eigenvalue weighted by Crippen LogP contribution is -2.46. The third-order valence-corrected chi connectivity index (χ3v) is 23.6. The third-order valence-electron chi connectivity index (χ3n) is 23.6. The summed E-state index contributed by atoms with van der Waals surface area (Å²) in [6.07, 6.45) is 16.4. The number of aromatic nitrogens is 2. The Hall–Kier alpha value is -12.4. The van der Waals surface area contributed by atoms with E-state index in [1.807, 2.05) is 140 Å². The minimum atomic E-state index is -0.175. The minimum absolute atomic E-state index is 0.0660. The molecule has 113 heavy (non-hydrogen) atoms. The van der Waals surface area contributed by atoms with E-state index >= 15 is 0 Å². The topological polar surface area (TPSA) is 143 Å². The quantitative estimate of drug-likeness (QED) is 0.0455. The number of carbonyl (C=O) groups is 6. The number of benzene rings is 12. The number of furan rings is 1. The van der Waals surface area contributed by atoms with Crippen molar-refractivity contribution in [3.8, 4) is 50.3 Å². The van der Waals surface area contributed by atoms with Crippen LogP contribution in [0.3, 0.4) is 0 Å². The summed E-state index contributed by atoms with van der Waals surface area (Å²) in [6, 6.07) is 82.9. The number of imide groups is 3. The molecular weight excluding hydrogens is 1400 g/mol. The molecule has 12 aromatic carbocycles. The van der Waals surface area contributed by atoms with Crippen molar-refractivity contribution < 1.29 is 33.2 Å². The van der Waals surface area contributed by atoms with Gasteiger partial charge in [-0.05, 0) is 179 Å². The maximum absolute atomic E-state index is 13.9. The molecule has 6 heterocycles. The number of hydrogen-bond donors (Lipinski definition) is 0. The number of amides is 6. The molecule has 3 aliphatic heterocycles. The first kappa shape index (κ1) is 74.7. The zero-order valence-electron chi connectivity index (χ0n) is 65.2. The Kier molecular flexibility index (Phi) is 21.5. The molecular formula is C101H93N5O7. The van der Waals surface area contributed by atoms with Gasteiger partial charge in [-0.3, -0.25) is 48.5 Å². The molecule has 0 spiro atoms. The van der Waals surface area contributed by atoms with Gasteiger partial charge in [-0.25, -0.2) is 0 Å². The number of unbranched alkanes of at least 4 members (excludes halogenated alkanes) is 6. The number of nitrogens with zero attached hydrogens (tertiary/aromatic N) is 5. The fourth-order valence-corrected chi connectivity index (χ4v) is 17.9. The maximum atomic E-state index is 13.9. The number of para-hydroxylation sites is 3. The van der Waals surface area contributed by atoms with Gasteiger partial charge in [-0.15, -0.1) is 0 Å². The van der Waals surface area contributed by atoms with Gasteiger partial charge >= 0.3 is 0 Å². The first-order valence-corrected chi connectivity index (χ1v) is 40.7. The average Bonchev–Trinajstić information content (AvgIpc) is 1.48. The second kappa shape index (κ2) is 32.5. The zero-order valence-corrected chi connectivity index (χ0v) is 65.2. The van der Waals surface area contributed by atoms with Crippen LogP contribution in [0.1, 0.15) is 200 Å². The molecule has 15 aromatic rings. The Morgan fingerprint density at radius 1 is 0.292 bits per heavy atom. The predicted octanol–water partition coefficient (Wildman–Crippen LogP) is 25.4. The van der Waals surface area contributed by atoms with Crippen LogP contribution in [0.4, 0.5) is 0 Å². The summed E-state index contributed by atoms with van der Waals surface area (Å²) in [6.45, 7) is 12.7. The largest absolute Gasteiger partial charge is 0.456 e. The van der Waals surface area contributed by atoms with E-state index < -0.39 is 0 Å². The highest BCUT2D eigenvalue weighted by Crippen LogP contribution is 2.46. The number of hydrogen-bond acceptors (Lipinski definition) is 8. The molecule has 3 aliphatic rings. The molecule has 0 bridgehead atoms. The highest BCUT2D eigenvalue weighted by molar-refractivity contribution is 6.30. The van der Waals surface area contributed by atoms with Crippen LogP contribution in [-0.2, 0) is 0 Å². The predicted molar refractivity (Wildman–Crippen MR) is 459 cm³/mol. The van der Waals surface area contributed by atoms with Crippen molar-refractivity contribution in [3.05, 3.63) is 288 Å². The molecule has 6 amide bonds. The molecule has 0 fully saturated rings. The molecule has 0 N–H and O–H groups in total. The van der Waals surface area contributed by atoms with Crippen LogP contribution in [-0.4, -0.2) is 77.8 Å². The van der Waals surface area contributed by atoms with Gasteiger partial charge in [0.2, 0.25) is 0 Å². The van der Waals surface area contributed by atoms with Crippen LogP contribution < -0.4 is 0 Å². The van der Waals surface area contributed by atoms with E-state index in [0.29, 0.717) is 33.4 Å². The SMILES string of the molecule is CCCCCC(CC)N1C(=O)c2cccc3c(-c4ccc(-c5ccccn5)cc4)ccc(c23)C1=O.CCCCCC(CC)N1C(=O)c2cccc3c(-c4ccc5c(c4)c4ccccc4n5-c4ccccc4)ccc(c23)C1=O.CCCCCC(CC)N1C(=O)c2cccc3c(-c4cccc5oc6ccccc6c45)ccc(c23)C1=O. The Morgan fingerprint density at radius 3 is 1.19 bits per heavy atom. The monoisotopic (exact) mass is 1490 g/mol. The van der Waals surface area contributed by atoms with Gasteiger partial charge in [0.25, 0.3) is 35.4 Å². The van der Waals surface area contributed by atoms with E-state index in [4.69, 9.17) is 4.42 Å². The van der Waals surface area contributed by atoms with E-state index in [1.54, 1.807) is 6.20 Å². The van der Waals surface area contributed by atoms with Crippen LogP contribution in [0.15, 0.2) is 259 Å². The van der Waals surface area contributed by atoms with Gasteiger partial charge < -0.3 is 8.98 Å². The van der Waals surface area contributed by atoms with Crippen molar-refractivity contribution in [1.82, 2.24) is 24.3 Å². The van der Waals surface area contributed by atoms with Crippen molar-refractivity contribution in [2.75, 3.05) is 0 Å². The maximum Gasteiger partial charge on any atom is 0.261 e. The number of fused-ring (bicyclic) bond motifs is 6. The fraction of sp³-hybridized carbons (Fsp3) is 0.238. The second-order valence-corrected chi connectivity index (χ2v) is 30.3. The summed E-state index contributed by atoms with van der Waals surface area (Å²) < 4.78 is 8.43. The van der Waals surface area contributed by atoms with Crippen LogP contribution >= 0.6 is 0 Å². The highest BCUT2D eigenvalue weighted by Gasteiger charge is 2.41. The van der Waals surface area contributed by atoms with Crippen molar-refractivity contribution in [2.24, 2.45) is 0 Å². The lowest BCUT2D eigenvalue weighted by molar-refractivity contribution is 0.0508. The molecule has 0 saturated heterocycles. The molecule has 12 heteroatoms. The molecule has 12 nitrogen and oxygen atoms in total. The lowest BCUT2D eigenvalue weighted by Gasteiger charge is -2.34. The van der Waals surface area contributed by atoms with E-state index in [0.717, 1.165) is 212 Å². The van der Waals surface area contributed by atoms with Gasteiger partial charge in [-0.1, -0.05) is 257 Å². The summed E-state index contributed by atoms with van der Waals surface area (Å²) in [4.78, 5) is 91.4. The van der Waals surface area contributed by atoms with Gasteiger partial charge in [-0.2, -0.15) is 0 Å². The number of carbonyl (C=O) groups excluding carboxylic acids is 6. The number of pyridine rings is 1. The Bertz CT molecular complexity index is 6130. The van der Waals surface area contributed by atoms with Crippen LogP contribution in [0, 0.1) is 0 Å². The standard InChI is InChI=1S/C38H34N2O2.C32H29NO3.C31H30N2O2/c1-3-5-7-13-26(4-2)40-37(41)31-18-12-17-30-28(21-22-32(36(30)31)38(40)42)25-20-23-35-33(24-25)29-16-10-11-19-34(29)39(35)27-14-8-6-9-15-27;1-3-5-6-11-20(4-2)33-31(34)25-15-9-13-22-21(18-19-26(29(22)25)32(33)35)23-14-10-17-28-30(23)24-12-7-8-16-27(24)36-28;1-3-5-6-10-23(4-2)33-30(34)26-12-9-11-25-24(18-19-27(29(25)26)31(33)35)21-14-16-22(17-15-21)28-13-7-8-20-32-28/h6,8-12,14-24,26H,3-5,7,13H2,1-2H3;7-10,12-20H,3-6,11H2,1-2H3;7-9,11-20,23H,3-6,10H2,1-2H3. The van der Waals surface area contributed by atoms with Crippen molar-refractivity contribution in [2.45, 2.75) is 156 Å². The summed E-state index contributed by atoms with van der Waals surface area (Å²) >= 11 is 0. The van der Waals surface area contributed by atoms with Crippen LogP contribution in [0.2, 0.25) is 0 Å². The van der Waals surface area contributed by atoms with E-state index in [2.05, 4.69) is 160 Å². The van der Waals surface area contributed by atoms with Crippen LogP contribution in [0.5, 0.6) is 0 Å². The highest BCUT2D eigenvalue weighted by atomic mass is 16.3. The fourth-order valence-electron chi connectivity index (χ4n) is 17.9. The first-order valence-electron chi connectivity index (χ1n) is 40.7. The Labute approximate surface area is 659 Å². The number of rotatable bonds is 23. The molecule has 18 rings (SSSR count). The molecule has 564 valence electrons. The normalized spacial score (nSPS) is 14.1. The zero-order chi connectivity index (χ0) is 78.0. The molecule has 3 unspecified atom stereocenters. The summed E-state index contributed by atoms with van der Waals surface area (Å²) in [5.41, 5.74) is 17.0. The van der Waals surface area contributed by atoms with Crippen molar-refractivity contribution in [3.63, 3.8) is 0 Å². The minimum Gasteiger partial charge on any atom is -0.456 e. The molecule has 0 radical (unpaired) electrons. The van der Waals surface area contributed by atoms with Gasteiger partial charge in [0, 0.05) is 107 Å².